The molecule has 0 aliphatic rings. The van der Waals surface area contributed by atoms with Crippen molar-refractivity contribution in [3.63, 3.8) is 0 Å². The minimum atomic E-state index is -0.160. The minimum Gasteiger partial charge on any atom is -0.507 e. The Kier molecular flexibility index (Phi) is 4.35. The van der Waals surface area contributed by atoms with Crippen molar-refractivity contribution < 1.29 is 9.90 Å². The van der Waals surface area contributed by atoms with E-state index >= 15 is 0 Å². The number of aromatic hydroxyl groups is 1. The smallest absolute Gasteiger partial charge is 0.257 e. The van der Waals surface area contributed by atoms with Gasteiger partial charge >= 0.3 is 0 Å². The van der Waals surface area contributed by atoms with Gasteiger partial charge in [-0.2, -0.15) is 0 Å². The molecule has 0 bridgehead atoms. The molecule has 0 fully saturated rings. The number of alkyl halides is 1. The molecule has 0 saturated heterocycles. The van der Waals surface area contributed by atoms with E-state index in [1.807, 2.05) is 6.92 Å². The third-order valence-corrected chi connectivity index (χ3v) is 2.63. The number of aryl methyl sites for hydroxylation is 1. The zero-order valence-corrected chi connectivity index (χ0v) is 11.3. The molecule has 1 N–H and O–H groups in total. The zero-order chi connectivity index (χ0) is 12.3. The number of nitrogens with zero attached hydrogens (tertiary/aromatic N) is 1. The van der Waals surface area contributed by atoms with Gasteiger partial charge in [-0.15, -0.1) is 0 Å². The first-order valence-corrected chi connectivity index (χ1v) is 6.03. The van der Waals surface area contributed by atoms with E-state index in [1.54, 1.807) is 37.1 Å². The lowest BCUT2D eigenvalue weighted by Crippen LogP contribution is -2.31. The van der Waals surface area contributed by atoms with Crippen LogP contribution in [0.25, 0.3) is 0 Å². The van der Waals surface area contributed by atoms with Gasteiger partial charge in [-0.25, -0.2) is 0 Å². The van der Waals surface area contributed by atoms with Gasteiger partial charge in [0.25, 0.3) is 5.91 Å². The van der Waals surface area contributed by atoms with Gasteiger partial charge in [-0.3, -0.25) is 4.79 Å². The third-order valence-electron chi connectivity index (χ3n) is 2.34. The first-order valence-electron chi connectivity index (χ1n) is 5.11. The molecule has 0 aliphatic carbocycles. The molecule has 1 aromatic carbocycles. The Balaban J connectivity index is 2.92. The van der Waals surface area contributed by atoms with Gasteiger partial charge in [-0.1, -0.05) is 35.0 Å². The lowest BCUT2D eigenvalue weighted by atomic mass is 10.1. The highest BCUT2D eigenvalue weighted by atomic mass is 79.9. The van der Waals surface area contributed by atoms with Crippen molar-refractivity contribution in [2.24, 2.45) is 0 Å². The van der Waals surface area contributed by atoms with E-state index in [0.717, 1.165) is 0 Å². The molecule has 0 radical (unpaired) electrons. The van der Waals surface area contributed by atoms with Gasteiger partial charge in [0.2, 0.25) is 0 Å². The summed E-state index contributed by atoms with van der Waals surface area (Å²) >= 11 is 3.39. The van der Waals surface area contributed by atoms with Gasteiger partial charge in [0.1, 0.15) is 5.75 Å². The van der Waals surface area contributed by atoms with Crippen molar-refractivity contribution in [2.75, 3.05) is 13.6 Å². The Morgan fingerprint density at radius 3 is 2.75 bits per heavy atom. The third kappa shape index (κ3) is 2.98. The molecular formula is C12H16BrNO2. The molecule has 1 atom stereocenters. The SMILES string of the molecule is Cc1cccc(C(=O)N(C)CC(C)Br)c1O. The molecule has 4 heteroatoms. The number of carbonyl (C=O) groups excluding carboxylic acids is 1. The van der Waals surface area contributed by atoms with Crippen LogP contribution in [-0.2, 0) is 0 Å². The second-order valence-electron chi connectivity index (χ2n) is 3.94. The van der Waals surface area contributed by atoms with E-state index in [9.17, 15) is 9.90 Å². The molecule has 0 saturated carbocycles. The normalized spacial score (nSPS) is 12.2. The summed E-state index contributed by atoms with van der Waals surface area (Å²) in [5.41, 5.74) is 1.07. The second kappa shape index (κ2) is 5.34. The maximum absolute atomic E-state index is 12.0. The molecular weight excluding hydrogens is 270 g/mol. The van der Waals surface area contributed by atoms with Crippen molar-refractivity contribution >= 4 is 21.8 Å². The van der Waals surface area contributed by atoms with Crippen LogP contribution in [0.5, 0.6) is 5.75 Å². The average molecular weight is 286 g/mol. The molecule has 88 valence electrons. The van der Waals surface area contributed by atoms with Gasteiger partial charge in [0.15, 0.2) is 0 Å². The summed E-state index contributed by atoms with van der Waals surface area (Å²) in [6, 6.07) is 5.19. The quantitative estimate of drug-likeness (QED) is 0.867. The number of rotatable bonds is 3. The van der Waals surface area contributed by atoms with E-state index in [1.165, 1.54) is 0 Å². The zero-order valence-electron chi connectivity index (χ0n) is 9.70. The number of para-hydroxylation sites is 1. The van der Waals surface area contributed by atoms with Crippen LogP contribution in [0, 0.1) is 6.92 Å². The van der Waals surface area contributed by atoms with Crippen molar-refractivity contribution in [1.82, 2.24) is 4.90 Å². The summed E-state index contributed by atoms with van der Waals surface area (Å²) in [7, 11) is 1.72. The number of phenolic OH excluding ortho intramolecular Hbond substituents is 1. The predicted octanol–water partition coefficient (Wildman–Crippen LogP) is 2.56. The van der Waals surface area contributed by atoms with Gasteiger partial charge in [0.05, 0.1) is 5.56 Å². The Bertz CT molecular complexity index is 391. The number of phenols is 1. The predicted molar refractivity (Wildman–Crippen MR) is 68.2 cm³/mol. The summed E-state index contributed by atoms with van der Waals surface area (Å²) in [5, 5.41) is 9.79. The van der Waals surface area contributed by atoms with E-state index < -0.39 is 0 Å². The molecule has 0 heterocycles. The number of benzene rings is 1. The second-order valence-corrected chi connectivity index (χ2v) is 5.50. The van der Waals surface area contributed by atoms with E-state index in [4.69, 9.17) is 0 Å². The van der Waals surface area contributed by atoms with Crippen LogP contribution in [0.1, 0.15) is 22.8 Å². The van der Waals surface area contributed by atoms with Gasteiger partial charge in [-0.05, 0) is 18.6 Å². The van der Waals surface area contributed by atoms with Crippen LogP contribution < -0.4 is 0 Å². The van der Waals surface area contributed by atoms with E-state index in [2.05, 4.69) is 15.9 Å². The maximum atomic E-state index is 12.0. The minimum absolute atomic E-state index is 0.0709. The monoisotopic (exact) mass is 285 g/mol. The van der Waals surface area contributed by atoms with E-state index in [0.29, 0.717) is 17.7 Å². The van der Waals surface area contributed by atoms with Gasteiger partial charge in [0, 0.05) is 18.4 Å². The van der Waals surface area contributed by atoms with Crippen molar-refractivity contribution in [3.8, 4) is 5.75 Å². The first kappa shape index (κ1) is 13.0. The summed E-state index contributed by atoms with van der Waals surface area (Å²) < 4.78 is 0. The van der Waals surface area contributed by atoms with Crippen molar-refractivity contribution in [3.05, 3.63) is 29.3 Å². The van der Waals surface area contributed by atoms with Crippen LogP contribution in [0.15, 0.2) is 18.2 Å². The van der Waals surface area contributed by atoms with Crippen molar-refractivity contribution in [1.29, 1.82) is 0 Å². The summed E-state index contributed by atoms with van der Waals surface area (Å²) in [5.74, 6) is -0.0888. The fourth-order valence-corrected chi connectivity index (χ4v) is 1.93. The molecule has 1 amide bonds. The first-order chi connectivity index (χ1) is 7.43. The molecule has 0 aromatic heterocycles. The van der Waals surface area contributed by atoms with E-state index in [-0.39, 0.29) is 16.5 Å². The molecule has 3 nitrogen and oxygen atoms in total. The molecule has 0 spiro atoms. The lowest BCUT2D eigenvalue weighted by molar-refractivity contribution is 0.0794. The van der Waals surface area contributed by atoms with Crippen LogP contribution in [-0.4, -0.2) is 34.3 Å². The maximum Gasteiger partial charge on any atom is 0.257 e. The lowest BCUT2D eigenvalue weighted by Gasteiger charge is -2.19. The van der Waals surface area contributed by atoms with Crippen LogP contribution in [0.2, 0.25) is 0 Å². The Morgan fingerprint density at radius 2 is 2.19 bits per heavy atom. The highest BCUT2D eigenvalue weighted by molar-refractivity contribution is 9.09. The Hall–Kier alpha value is -1.03. The summed E-state index contributed by atoms with van der Waals surface area (Å²) in [6.45, 7) is 4.35. The number of carbonyl (C=O) groups is 1. The highest BCUT2D eigenvalue weighted by Crippen LogP contribution is 2.22. The fraction of sp³-hybridized carbons (Fsp3) is 0.417. The standard InChI is InChI=1S/C12H16BrNO2/c1-8-5-4-6-10(11(8)15)12(16)14(3)7-9(2)13/h4-6,9,15H,7H2,1-3H3. The fourth-order valence-electron chi connectivity index (χ4n) is 1.50. The summed E-state index contributed by atoms with van der Waals surface area (Å²) in [4.78, 5) is 13.8. The van der Waals surface area contributed by atoms with Gasteiger partial charge < -0.3 is 10.0 Å². The van der Waals surface area contributed by atoms with Crippen LogP contribution >= 0.6 is 15.9 Å². The highest BCUT2D eigenvalue weighted by Gasteiger charge is 2.17. The number of hydrogen-bond donors (Lipinski definition) is 1. The molecule has 1 unspecified atom stereocenters. The van der Waals surface area contributed by atoms with Crippen LogP contribution in [0.4, 0.5) is 0 Å². The van der Waals surface area contributed by atoms with Crippen molar-refractivity contribution in [2.45, 2.75) is 18.7 Å². The summed E-state index contributed by atoms with van der Waals surface area (Å²) in [6.07, 6.45) is 0. The average Bonchev–Trinajstić information content (AvgIpc) is 2.20. The number of amides is 1. The number of halogens is 1. The number of hydrogen-bond acceptors (Lipinski definition) is 2. The largest absolute Gasteiger partial charge is 0.507 e. The topological polar surface area (TPSA) is 40.5 Å². The molecule has 1 rings (SSSR count). The molecule has 16 heavy (non-hydrogen) atoms. The molecule has 0 aliphatic heterocycles. The Labute approximate surface area is 104 Å². The van der Waals surface area contributed by atoms with Crippen LogP contribution in [0.3, 0.4) is 0 Å². The Morgan fingerprint density at radius 1 is 1.56 bits per heavy atom. The molecule has 1 aromatic rings.